The van der Waals surface area contributed by atoms with E-state index >= 15 is 0 Å². The van der Waals surface area contributed by atoms with E-state index in [-0.39, 0.29) is 0 Å². The summed E-state index contributed by atoms with van der Waals surface area (Å²) in [6.07, 6.45) is 1.30. The molecule has 0 aliphatic carbocycles. The van der Waals surface area contributed by atoms with Crippen molar-refractivity contribution in [1.82, 2.24) is 10.3 Å². The van der Waals surface area contributed by atoms with Crippen molar-refractivity contribution in [3.63, 3.8) is 0 Å². The van der Waals surface area contributed by atoms with Crippen molar-refractivity contribution >= 4 is 21.6 Å². The lowest BCUT2D eigenvalue weighted by molar-refractivity contribution is 0.117. The Morgan fingerprint density at radius 3 is 3.11 bits per heavy atom. The zero-order chi connectivity index (χ0) is 13.2. The second-order valence-electron chi connectivity index (χ2n) is 4.67. The van der Waals surface area contributed by atoms with Crippen LogP contribution in [0.25, 0.3) is 10.2 Å². The molecule has 1 aliphatic heterocycles. The monoisotopic (exact) mass is 278 g/mol. The Labute approximate surface area is 116 Å². The molecule has 1 aromatic heterocycles. The highest BCUT2D eigenvalue weighted by atomic mass is 32.1. The Kier molecular flexibility index (Phi) is 3.68. The van der Waals surface area contributed by atoms with Gasteiger partial charge >= 0.3 is 0 Å². The summed E-state index contributed by atoms with van der Waals surface area (Å²) >= 11 is 1.74. The normalized spacial score (nSPS) is 23.1. The van der Waals surface area contributed by atoms with Gasteiger partial charge in [0.2, 0.25) is 0 Å². The fraction of sp³-hybridized carbons (Fsp3) is 0.500. The topological polar surface area (TPSA) is 43.4 Å². The fourth-order valence-corrected chi connectivity index (χ4v) is 3.48. The van der Waals surface area contributed by atoms with Crippen LogP contribution in [0.3, 0.4) is 0 Å². The van der Waals surface area contributed by atoms with Crippen molar-refractivity contribution in [2.45, 2.75) is 25.5 Å². The first kappa shape index (κ1) is 12.8. The van der Waals surface area contributed by atoms with E-state index in [1.54, 1.807) is 18.4 Å². The first-order chi connectivity index (χ1) is 9.30. The number of hydrogen-bond donors (Lipinski definition) is 1. The summed E-state index contributed by atoms with van der Waals surface area (Å²) in [5.74, 6) is 0.916. The molecule has 1 aromatic carbocycles. The summed E-state index contributed by atoms with van der Waals surface area (Å²) in [5, 5.41) is 4.61. The van der Waals surface area contributed by atoms with Crippen LogP contribution in [0.2, 0.25) is 0 Å². The first-order valence-corrected chi connectivity index (χ1v) is 7.41. The van der Waals surface area contributed by atoms with Gasteiger partial charge in [-0.05, 0) is 31.5 Å². The maximum Gasteiger partial charge on any atom is 0.120 e. The van der Waals surface area contributed by atoms with Crippen molar-refractivity contribution in [2.75, 3.05) is 20.3 Å². The standard InChI is InChI=1S/C14H18N2O2S/c1-3-18-9-4-5-11-13(7-9)19-14(16-11)12-6-10(17-2)8-15-12/h4-5,7,10,12,15H,3,6,8H2,1-2H3. The predicted octanol–water partition coefficient (Wildman–Crippen LogP) is 2.74. The van der Waals surface area contributed by atoms with Crippen molar-refractivity contribution in [1.29, 1.82) is 0 Å². The van der Waals surface area contributed by atoms with E-state index in [0.29, 0.717) is 18.8 Å². The van der Waals surface area contributed by atoms with Crippen LogP contribution in [0.1, 0.15) is 24.4 Å². The Morgan fingerprint density at radius 1 is 1.47 bits per heavy atom. The third kappa shape index (κ3) is 2.59. The molecule has 1 aliphatic rings. The number of aromatic nitrogens is 1. The van der Waals surface area contributed by atoms with Gasteiger partial charge in [0.05, 0.1) is 29.0 Å². The van der Waals surface area contributed by atoms with Crippen molar-refractivity contribution in [3.8, 4) is 5.75 Å². The molecule has 102 valence electrons. The van der Waals surface area contributed by atoms with Gasteiger partial charge in [0, 0.05) is 13.7 Å². The molecular weight excluding hydrogens is 260 g/mol. The molecule has 0 bridgehead atoms. The van der Waals surface area contributed by atoms with Gasteiger partial charge in [-0.3, -0.25) is 0 Å². The lowest BCUT2D eigenvalue weighted by Gasteiger charge is -2.05. The fourth-order valence-electron chi connectivity index (χ4n) is 2.40. The third-order valence-electron chi connectivity index (χ3n) is 3.41. The first-order valence-electron chi connectivity index (χ1n) is 6.59. The molecule has 0 amide bonds. The number of fused-ring (bicyclic) bond motifs is 1. The molecule has 1 saturated heterocycles. The molecule has 5 heteroatoms. The lowest BCUT2D eigenvalue weighted by atomic mass is 10.2. The molecule has 2 aromatic rings. The van der Waals surface area contributed by atoms with E-state index in [2.05, 4.69) is 11.4 Å². The van der Waals surface area contributed by atoms with Crippen LogP contribution in [0.5, 0.6) is 5.75 Å². The Morgan fingerprint density at radius 2 is 2.37 bits per heavy atom. The van der Waals surface area contributed by atoms with Crippen molar-refractivity contribution in [2.24, 2.45) is 0 Å². The molecule has 2 unspecified atom stereocenters. The maximum atomic E-state index is 5.53. The minimum absolute atomic E-state index is 0.302. The van der Waals surface area contributed by atoms with E-state index < -0.39 is 0 Å². The molecule has 3 rings (SSSR count). The van der Waals surface area contributed by atoms with E-state index in [1.165, 1.54) is 4.70 Å². The summed E-state index contributed by atoms with van der Waals surface area (Å²) in [5.41, 5.74) is 1.05. The highest BCUT2D eigenvalue weighted by Crippen LogP contribution is 2.33. The second-order valence-corrected chi connectivity index (χ2v) is 5.73. The minimum Gasteiger partial charge on any atom is -0.494 e. The van der Waals surface area contributed by atoms with Gasteiger partial charge in [0.15, 0.2) is 0 Å². The predicted molar refractivity (Wildman–Crippen MR) is 76.9 cm³/mol. The third-order valence-corrected chi connectivity index (χ3v) is 4.54. The quantitative estimate of drug-likeness (QED) is 0.934. The highest BCUT2D eigenvalue weighted by molar-refractivity contribution is 7.18. The van der Waals surface area contributed by atoms with Gasteiger partial charge in [-0.2, -0.15) is 0 Å². The molecule has 19 heavy (non-hydrogen) atoms. The Bertz CT molecular complexity index is 570. The number of ether oxygens (including phenoxy) is 2. The number of methoxy groups -OCH3 is 1. The number of thiazole rings is 1. The van der Waals surface area contributed by atoms with Crippen LogP contribution in [0.4, 0.5) is 0 Å². The van der Waals surface area contributed by atoms with Crippen LogP contribution < -0.4 is 10.1 Å². The summed E-state index contributed by atoms with van der Waals surface area (Å²) in [6, 6.07) is 6.40. The Balaban J connectivity index is 1.85. The largest absolute Gasteiger partial charge is 0.494 e. The van der Waals surface area contributed by atoms with Crippen LogP contribution in [-0.4, -0.2) is 31.3 Å². The zero-order valence-corrected chi connectivity index (χ0v) is 12.0. The molecular formula is C14H18N2O2S. The van der Waals surface area contributed by atoms with Crippen molar-refractivity contribution in [3.05, 3.63) is 23.2 Å². The molecule has 0 radical (unpaired) electrons. The van der Waals surface area contributed by atoms with Gasteiger partial charge in [-0.15, -0.1) is 11.3 Å². The number of nitrogens with zero attached hydrogens (tertiary/aromatic N) is 1. The molecule has 2 heterocycles. The molecule has 1 fully saturated rings. The number of hydrogen-bond acceptors (Lipinski definition) is 5. The van der Waals surface area contributed by atoms with Crippen LogP contribution >= 0.6 is 11.3 Å². The van der Waals surface area contributed by atoms with Gasteiger partial charge in [-0.25, -0.2) is 4.98 Å². The molecule has 2 atom stereocenters. The molecule has 4 nitrogen and oxygen atoms in total. The molecule has 0 saturated carbocycles. The SMILES string of the molecule is CCOc1ccc2nc(C3CC(OC)CN3)sc2c1. The van der Waals surface area contributed by atoms with E-state index in [9.17, 15) is 0 Å². The van der Waals surface area contributed by atoms with Gasteiger partial charge in [0.25, 0.3) is 0 Å². The zero-order valence-electron chi connectivity index (χ0n) is 11.2. The number of benzene rings is 1. The van der Waals surface area contributed by atoms with Gasteiger partial charge < -0.3 is 14.8 Å². The number of rotatable bonds is 4. The molecule has 1 N–H and O–H groups in total. The molecule has 0 spiro atoms. The Hall–Kier alpha value is -1.17. The van der Waals surface area contributed by atoms with E-state index in [0.717, 1.165) is 29.2 Å². The highest BCUT2D eigenvalue weighted by Gasteiger charge is 2.27. The van der Waals surface area contributed by atoms with Gasteiger partial charge in [0.1, 0.15) is 10.8 Å². The maximum absolute atomic E-state index is 5.53. The summed E-state index contributed by atoms with van der Waals surface area (Å²) in [4.78, 5) is 4.71. The summed E-state index contributed by atoms with van der Waals surface area (Å²) in [6.45, 7) is 3.59. The van der Waals surface area contributed by atoms with Crippen LogP contribution in [-0.2, 0) is 4.74 Å². The number of nitrogens with one attached hydrogen (secondary N) is 1. The van der Waals surface area contributed by atoms with Crippen LogP contribution in [0, 0.1) is 0 Å². The van der Waals surface area contributed by atoms with E-state index in [1.807, 2.05) is 19.1 Å². The van der Waals surface area contributed by atoms with Crippen molar-refractivity contribution < 1.29 is 9.47 Å². The summed E-state index contributed by atoms with van der Waals surface area (Å²) in [7, 11) is 1.77. The smallest absolute Gasteiger partial charge is 0.120 e. The average Bonchev–Trinajstić information content (AvgIpc) is 3.04. The van der Waals surface area contributed by atoms with E-state index in [4.69, 9.17) is 14.5 Å². The minimum atomic E-state index is 0.302. The van der Waals surface area contributed by atoms with Crippen LogP contribution in [0.15, 0.2) is 18.2 Å². The van der Waals surface area contributed by atoms with Gasteiger partial charge in [-0.1, -0.05) is 0 Å². The average molecular weight is 278 g/mol. The second kappa shape index (κ2) is 5.45. The summed E-state index contributed by atoms with van der Waals surface area (Å²) < 4.78 is 12.1. The lowest BCUT2D eigenvalue weighted by Crippen LogP contribution is -2.15.